The van der Waals surface area contributed by atoms with Crippen molar-refractivity contribution in [3.05, 3.63) is 126 Å². The zero-order valence-electron chi connectivity index (χ0n) is 54.0. The Kier molecular flexibility index (Phi) is 33.9. The summed E-state index contributed by atoms with van der Waals surface area (Å²) < 4.78 is 85.0. The van der Waals surface area contributed by atoms with Crippen molar-refractivity contribution in [1.29, 1.82) is 0 Å². The minimum atomic E-state index is -2.10. The predicted octanol–water partition coefficient (Wildman–Crippen LogP) is 0.296. The smallest absolute Gasteiger partial charge is 0.187 e. The van der Waals surface area contributed by atoms with Crippen LogP contribution in [-0.4, -0.2) is 321 Å². The molecular formula is C65H89N3O31. The Labute approximate surface area is 569 Å². The monoisotopic (exact) mass is 1410 g/mol. The van der Waals surface area contributed by atoms with Gasteiger partial charge in [-0.05, 0) is 34.9 Å². The molecule has 5 saturated heterocycles. The predicted molar refractivity (Wildman–Crippen MR) is 341 cm³/mol. The van der Waals surface area contributed by atoms with Crippen molar-refractivity contribution in [2.75, 3.05) is 86.7 Å². The molecule has 5 fully saturated rings. The molecule has 0 aliphatic carbocycles. The van der Waals surface area contributed by atoms with Crippen LogP contribution in [0.15, 0.2) is 124 Å². The van der Waals surface area contributed by atoms with Crippen molar-refractivity contribution >= 4 is 36.9 Å². The Morgan fingerprint density at radius 1 is 0.323 bits per heavy atom. The Morgan fingerprint density at radius 3 is 0.909 bits per heavy atom. The van der Waals surface area contributed by atoms with E-state index in [1.807, 2.05) is 103 Å². The van der Waals surface area contributed by atoms with E-state index in [9.17, 15) is 62.0 Å². The van der Waals surface area contributed by atoms with Crippen molar-refractivity contribution in [3.63, 3.8) is 0 Å². The number of aliphatic hydroxyl groups excluding tert-OH is 7. The van der Waals surface area contributed by atoms with Gasteiger partial charge < -0.3 is 102 Å². The number of methoxy groups -OCH3 is 2. The van der Waals surface area contributed by atoms with E-state index in [0.29, 0.717) is 0 Å². The Bertz CT molecular complexity index is 2900. The molecule has 25 unspecified atom stereocenters. The summed E-state index contributed by atoms with van der Waals surface area (Å²) in [6.45, 7) is -4.24. The van der Waals surface area contributed by atoms with Crippen LogP contribution in [0, 0.1) is 0 Å². The summed E-state index contributed by atoms with van der Waals surface area (Å²) in [4.78, 5) is 35.3. The number of rotatable bonds is 38. The first-order chi connectivity index (χ1) is 48.3. The van der Waals surface area contributed by atoms with Gasteiger partial charge in [-0.15, -0.1) is 0 Å². The number of benzene rings is 3. The third-order valence-electron chi connectivity index (χ3n) is 16.4. The second-order valence-electron chi connectivity index (χ2n) is 22.9. The molecule has 8 rings (SSSR count). The van der Waals surface area contributed by atoms with Crippen LogP contribution in [0.4, 0.5) is 0 Å². The van der Waals surface area contributed by atoms with Crippen LogP contribution in [-0.2, 0) is 90.8 Å². The van der Waals surface area contributed by atoms with Crippen molar-refractivity contribution in [2.24, 2.45) is 15.0 Å². The summed E-state index contributed by atoms with van der Waals surface area (Å²) in [6, 6.07) is 28.2. The van der Waals surface area contributed by atoms with Crippen molar-refractivity contribution in [3.8, 4) is 0 Å². The minimum absolute atomic E-state index is 0.0380. The fraction of sp³-hybridized carbons (Fsp3) is 0.585. The number of allylic oxidation sites excluding steroid dienone is 3. The maximum absolute atomic E-state index is 12.7. The molecule has 0 aromatic heterocycles. The minimum Gasteiger partial charge on any atom is -0.387 e. The molecule has 34 heteroatoms. The highest BCUT2D eigenvalue weighted by Gasteiger charge is 2.58. The second-order valence-corrected chi connectivity index (χ2v) is 22.9. The van der Waals surface area contributed by atoms with Gasteiger partial charge >= 0.3 is 0 Å². The zero-order valence-corrected chi connectivity index (χ0v) is 54.0. The summed E-state index contributed by atoms with van der Waals surface area (Å²) in [5.41, 5.74) is 2.74. The van der Waals surface area contributed by atoms with Crippen LogP contribution in [0.2, 0.25) is 0 Å². The van der Waals surface area contributed by atoms with E-state index in [1.165, 1.54) is 26.6 Å². The number of nitrogens with zero attached hydrogens (tertiary/aromatic N) is 3. The van der Waals surface area contributed by atoms with E-state index in [-0.39, 0.29) is 39.5 Å². The van der Waals surface area contributed by atoms with Crippen LogP contribution in [0.5, 0.6) is 0 Å². The lowest BCUT2D eigenvalue weighted by molar-refractivity contribution is -0.410. The third kappa shape index (κ3) is 22.6. The van der Waals surface area contributed by atoms with Crippen molar-refractivity contribution in [2.45, 2.75) is 154 Å². The fourth-order valence-electron chi connectivity index (χ4n) is 11.6. The molecule has 0 saturated carbocycles. The molecule has 0 amide bonds. The first-order valence-electron chi connectivity index (χ1n) is 31.8. The van der Waals surface area contributed by atoms with Gasteiger partial charge in [0.25, 0.3) is 0 Å². The van der Waals surface area contributed by atoms with E-state index in [4.69, 9.17) is 66.3 Å². The molecule has 3 aromatic rings. The molecule has 5 heterocycles. The first kappa shape index (κ1) is 79.4. The first-order valence-corrected chi connectivity index (χ1v) is 31.8. The highest BCUT2D eigenvalue weighted by Crippen LogP contribution is 2.38. The molecule has 550 valence electrons. The largest absolute Gasteiger partial charge is 0.387 e. The number of aliphatic imine (C=N–C) groups is 3. The van der Waals surface area contributed by atoms with E-state index < -0.39 is 187 Å². The standard InChI is InChI=1S/C65H89N3O31/c1-81-53-41(33-86-76)91-61(48(71)46(53)69)97-56-44(36-89-79)94-65(59(51(56)74)84-31-28-67-25-13-22-39-17-8-4-9-18-39)99-57-45(37-90-80)95-64(60(52(57)75)85-32-29-68-26-14-23-40-19-10-5-11-20-40)98-54-42(34-87-77)92-62(49(72)47(54)70)96-55-43(35-88-78)93-63(82-2)58(50(55)73)83-30-27-66-24-12-21-38-15-6-3-7-16-38/h3-26,41-65,69-80H,27-37H2,1-2H3/b21-12+,22-13+,23-14+,66-24?,67-25?,68-26?. The van der Waals surface area contributed by atoms with E-state index in [0.717, 1.165) is 16.7 Å². The van der Waals surface area contributed by atoms with Gasteiger partial charge in [-0.2, -0.15) is 0 Å². The van der Waals surface area contributed by atoms with Crippen LogP contribution in [0.3, 0.4) is 0 Å². The quantitative estimate of drug-likeness (QED) is 0.0159. The Balaban J connectivity index is 1.03. The summed E-state index contributed by atoms with van der Waals surface area (Å²) in [5, 5.41) is 132. The van der Waals surface area contributed by atoms with E-state index in [2.05, 4.69) is 39.4 Å². The van der Waals surface area contributed by atoms with Gasteiger partial charge in [0.1, 0.15) is 155 Å². The maximum atomic E-state index is 12.7. The molecular weight excluding hydrogens is 1320 g/mol. The van der Waals surface area contributed by atoms with E-state index >= 15 is 0 Å². The van der Waals surface area contributed by atoms with Crippen LogP contribution < -0.4 is 0 Å². The summed E-state index contributed by atoms with van der Waals surface area (Å²) >= 11 is 0. The lowest BCUT2D eigenvalue weighted by Gasteiger charge is -2.50. The van der Waals surface area contributed by atoms with Gasteiger partial charge in [0, 0.05) is 32.9 Å². The molecule has 3 aromatic carbocycles. The SMILES string of the molecule is COC1OC(COO)C(OC2OC(COO)C(OC3OC(COO)C(OC4OC(COO)C(OC5OC(COO)C(OC)C(O)C5O)C(O)C4OCCN=C/C=C/c4ccccc4)C(O)C3OCCN=C/C=C/c3ccccc3)C(O)C2O)C(O)C1OCCN=C/C=C/c1ccccc1. The molecule has 25 atom stereocenters. The highest BCUT2D eigenvalue weighted by molar-refractivity contribution is 5.79. The van der Waals surface area contributed by atoms with E-state index in [1.54, 1.807) is 30.5 Å². The molecule has 12 N–H and O–H groups in total. The normalized spacial score (nSPS) is 35.6. The molecule has 34 nitrogen and oxygen atoms in total. The molecule has 0 radical (unpaired) electrons. The summed E-state index contributed by atoms with van der Waals surface area (Å²) in [7, 11) is 2.50. The molecule has 0 bridgehead atoms. The average Bonchev–Trinajstić information content (AvgIpc) is 0.779. The number of aliphatic hydroxyl groups is 7. The molecule has 5 aliphatic heterocycles. The van der Waals surface area contributed by atoms with Gasteiger partial charge in [0.15, 0.2) is 31.5 Å². The zero-order chi connectivity index (χ0) is 70.5. The highest BCUT2D eigenvalue weighted by atomic mass is 17.1. The number of ether oxygens (including phenoxy) is 14. The lowest BCUT2D eigenvalue weighted by Crippen LogP contribution is -2.68. The number of hydrogen-bond acceptors (Lipinski definition) is 34. The van der Waals surface area contributed by atoms with Crippen LogP contribution >= 0.6 is 0 Å². The fourth-order valence-corrected chi connectivity index (χ4v) is 11.6. The molecule has 5 aliphatic rings. The molecule has 0 spiro atoms. The van der Waals surface area contributed by atoms with Crippen LogP contribution in [0.25, 0.3) is 18.2 Å². The van der Waals surface area contributed by atoms with Gasteiger partial charge in [-0.3, -0.25) is 41.3 Å². The summed E-state index contributed by atoms with van der Waals surface area (Å²) in [6.07, 6.45) is -27.2. The van der Waals surface area contributed by atoms with Crippen molar-refractivity contribution < 1.29 is 153 Å². The van der Waals surface area contributed by atoms with Crippen LogP contribution in [0.1, 0.15) is 16.7 Å². The Morgan fingerprint density at radius 2 is 0.596 bits per heavy atom. The maximum Gasteiger partial charge on any atom is 0.187 e. The third-order valence-corrected chi connectivity index (χ3v) is 16.4. The average molecular weight is 1410 g/mol. The molecule has 99 heavy (non-hydrogen) atoms. The van der Waals surface area contributed by atoms with Gasteiger partial charge in [-0.25, -0.2) is 24.4 Å². The summed E-state index contributed by atoms with van der Waals surface area (Å²) in [5.74, 6) is 0. The lowest BCUT2D eigenvalue weighted by atomic mass is 9.95. The van der Waals surface area contributed by atoms with Gasteiger partial charge in [-0.1, -0.05) is 109 Å². The Hall–Kier alpha value is -5.35. The topological polar surface area (TPSA) is 455 Å². The van der Waals surface area contributed by atoms with Crippen molar-refractivity contribution in [1.82, 2.24) is 0 Å². The van der Waals surface area contributed by atoms with Gasteiger partial charge in [0.2, 0.25) is 0 Å². The second kappa shape index (κ2) is 42.3. The number of hydrogen-bond donors (Lipinski definition) is 12. The van der Waals surface area contributed by atoms with Gasteiger partial charge in [0.05, 0.1) is 39.5 Å².